The number of carboxylic acids is 1. The van der Waals surface area contributed by atoms with Crippen LogP contribution in [0.1, 0.15) is 10.6 Å². The first-order valence-electron chi connectivity index (χ1n) is 5.12. The van der Waals surface area contributed by atoms with E-state index in [4.69, 9.17) is 5.11 Å². The number of aromatic carboxylic acids is 1. The summed E-state index contributed by atoms with van der Waals surface area (Å²) in [4.78, 5) is 10.2. The van der Waals surface area contributed by atoms with Gasteiger partial charge in [-0.1, -0.05) is 0 Å². The van der Waals surface area contributed by atoms with E-state index < -0.39 is 39.7 Å². The van der Waals surface area contributed by atoms with Gasteiger partial charge in [-0.2, -0.15) is 0 Å². The van der Waals surface area contributed by atoms with Gasteiger partial charge in [-0.15, -0.1) is 0 Å². The lowest BCUT2D eigenvalue weighted by Gasteiger charge is -2.05. The van der Waals surface area contributed by atoms with Crippen molar-refractivity contribution in [3.8, 4) is 0 Å². The lowest BCUT2D eigenvalue weighted by molar-refractivity contribution is 0.0199. The highest BCUT2D eigenvalue weighted by atomic mass is 79.9. The van der Waals surface area contributed by atoms with Crippen molar-refractivity contribution in [2.24, 2.45) is 0 Å². The maximum Gasteiger partial charge on any atom is 0.371 e. The van der Waals surface area contributed by atoms with Crippen molar-refractivity contribution in [1.29, 1.82) is 0 Å². The Hall–Kier alpha value is -1.04. The topological polar surface area (TPSA) is 106 Å². The molecule has 1 aromatic rings. The number of hydrogen-bond donors (Lipinski definition) is 2. The van der Waals surface area contributed by atoms with E-state index in [0.29, 0.717) is 0 Å². The quantitative estimate of drug-likeness (QED) is 0.661. The van der Waals surface area contributed by atoms with Crippen molar-refractivity contribution >= 4 is 31.9 Å². The van der Waals surface area contributed by atoms with Crippen LogP contribution >= 0.6 is 15.9 Å². The molecular weight excluding hydrogens is 368 g/mol. The third kappa shape index (κ3) is 4.81. The van der Waals surface area contributed by atoms with Crippen LogP contribution in [0.3, 0.4) is 0 Å². The first-order chi connectivity index (χ1) is 9.24. The fourth-order valence-electron chi connectivity index (χ4n) is 1.14. The molecule has 0 fully saturated rings. The second kappa shape index (κ2) is 7.11. The maximum atomic E-state index is 11.8. The molecule has 0 radical (unpaired) electrons. The average molecular weight is 378 g/mol. The Morgan fingerprint density at radius 2 is 2.20 bits per heavy atom. The SMILES string of the molecule is O=C(O)c1cc(S(=O)(=O)NCCOCC(F)F)c(Br)o1. The Bertz CT molecular complexity index is 573. The predicted molar refractivity (Wildman–Crippen MR) is 65.4 cm³/mol. The highest BCUT2D eigenvalue weighted by Crippen LogP contribution is 2.25. The van der Waals surface area contributed by atoms with Crippen LogP contribution in [0.5, 0.6) is 0 Å². The maximum absolute atomic E-state index is 11.8. The van der Waals surface area contributed by atoms with Crippen molar-refractivity contribution < 1.29 is 36.3 Å². The molecule has 0 saturated carbocycles. The van der Waals surface area contributed by atoms with Gasteiger partial charge in [-0.3, -0.25) is 0 Å². The minimum Gasteiger partial charge on any atom is -0.475 e. The van der Waals surface area contributed by atoms with E-state index in [9.17, 15) is 22.0 Å². The molecule has 114 valence electrons. The third-order valence-electron chi connectivity index (χ3n) is 1.94. The number of carboxylic acid groups (broad SMARTS) is 1. The average Bonchev–Trinajstić information content (AvgIpc) is 2.71. The minimum atomic E-state index is -4.03. The van der Waals surface area contributed by atoms with Crippen molar-refractivity contribution in [3.05, 3.63) is 16.5 Å². The summed E-state index contributed by atoms with van der Waals surface area (Å²) in [5.41, 5.74) is 0. The zero-order chi connectivity index (χ0) is 15.3. The summed E-state index contributed by atoms with van der Waals surface area (Å²) in [7, 11) is -4.03. The molecule has 0 amide bonds. The van der Waals surface area contributed by atoms with Gasteiger partial charge in [-0.05, 0) is 15.9 Å². The molecule has 0 unspecified atom stereocenters. The van der Waals surface area contributed by atoms with Crippen molar-refractivity contribution in [2.75, 3.05) is 19.8 Å². The Morgan fingerprint density at radius 3 is 2.70 bits per heavy atom. The number of ether oxygens (including phenoxy) is 1. The molecule has 0 aliphatic heterocycles. The molecule has 1 rings (SSSR count). The van der Waals surface area contributed by atoms with Crippen molar-refractivity contribution in [2.45, 2.75) is 11.3 Å². The summed E-state index contributed by atoms with van der Waals surface area (Å²) in [6.07, 6.45) is -2.63. The summed E-state index contributed by atoms with van der Waals surface area (Å²) in [6, 6.07) is 0.828. The summed E-state index contributed by atoms with van der Waals surface area (Å²) in [5.74, 6) is -1.97. The van der Waals surface area contributed by atoms with Crippen LogP contribution in [0.25, 0.3) is 0 Å². The van der Waals surface area contributed by atoms with Crippen LogP contribution in [-0.4, -0.2) is 45.7 Å². The number of rotatable bonds is 8. The fourth-order valence-corrected chi connectivity index (χ4v) is 3.09. The summed E-state index contributed by atoms with van der Waals surface area (Å²) < 4.78 is 58.1. The van der Waals surface area contributed by atoms with E-state index in [1.165, 1.54) is 0 Å². The molecule has 11 heteroatoms. The number of nitrogens with one attached hydrogen (secondary N) is 1. The van der Waals surface area contributed by atoms with Gasteiger partial charge in [0.05, 0.1) is 6.61 Å². The van der Waals surface area contributed by atoms with Crippen LogP contribution in [0, 0.1) is 0 Å². The third-order valence-corrected chi connectivity index (χ3v) is 4.26. The number of halogens is 3. The van der Waals surface area contributed by atoms with E-state index in [1.54, 1.807) is 0 Å². The van der Waals surface area contributed by atoms with Gasteiger partial charge < -0.3 is 14.3 Å². The van der Waals surface area contributed by atoms with Crippen molar-refractivity contribution in [3.63, 3.8) is 0 Å². The zero-order valence-electron chi connectivity index (χ0n) is 9.81. The molecule has 0 aliphatic carbocycles. The molecular formula is C9H10BrF2NO6S. The number of furan rings is 1. The molecule has 0 spiro atoms. The second-order valence-electron chi connectivity index (χ2n) is 3.42. The molecule has 1 aromatic heterocycles. The summed E-state index contributed by atoms with van der Waals surface area (Å²) in [5, 5.41) is 8.67. The minimum absolute atomic E-state index is 0.241. The van der Waals surface area contributed by atoms with Gasteiger partial charge in [0, 0.05) is 12.6 Å². The molecule has 1 heterocycles. The van der Waals surface area contributed by atoms with Gasteiger partial charge in [0.1, 0.15) is 11.5 Å². The van der Waals surface area contributed by atoms with Gasteiger partial charge in [0.25, 0.3) is 6.43 Å². The molecule has 0 aliphatic rings. The molecule has 2 N–H and O–H groups in total. The van der Waals surface area contributed by atoms with E-state index >= 15 is 0 Å². The lowest BCUT2D eigenvalue weighted by Crippen LogP contribution is -2.28. The van der Waals surface area contributed by atoms with Gasteiger partial charge >= 0.3 is 5.97 Å². The Balaban J connectivity index is 2.63. The highest BCUT2D eigenvalue weighted by Gasteiger charge is 2.24. The van der Waals surface area contributed by atoms with Crippen LogP contribution < -0.4 is 4.72 Å². The smallest absolute Gasteiger partial charge is 0.371 e. The van der Waals surface area contributed by atoms with Crippen LogP contribution in [0.2, 0.25) is 0 Å². The Kier molecular flexibility index (Phi) is 6.05. The standard InChI is InChI=1S/C9H10BrF2NO6S/c10-8-6(3-5(19-8)9(14)15)20(16,17)13-1-2-18-4-7(11)12/h3,7,13H,1-2,4H2,(H,14,15). The number of carbonyl (C=O) groups is 1. The highest BCUT2D eigenvalue weighted by molar-refractivity contribution is 9.10. The van der Waals surface area contributed by atoms with Gasteiger partial charge in [-0.25, -0.2) is 26.7 Å². The molecule has 0 atom stereocenters. The number of alkyl halides is 2. The second-order valence-corrected chi connectivity index (χ2v) is 5.87. The van der Waals surface area contributed by atoms with Gasteiger partial charge in [0.2, 0.25) is 15.8 Å². The van der Waals surface area contributed by atoms with E-state index in [-0.39, 0.29) is 17.8 Å². The first kappa shape index (κ1) is 17.0. The monoisotopic (exact) mass is 377 g/mol. The first-order valence-corrected chi connectivity index (χ1v) is 7.40. The Morgan fingerprint density at radius 1 is 1.55 bits per heavy atom. The van der Waals surface area contributed by atoms with E-state index in [2.05, 4.69) is 29.8 Å². The van der Waals surface area contributed by atoms with Crippen LogP contribution in [0.15, 0.2) is 20.0 Å². The van der Waals surface area contributed by atoms with E-state index in [0.717, 1.165) is 6.07 Å². The normalized spacial score (nSPS) is 12.0. The van der Waals surface area contributed by atoms with Crippen molar-refractivity contribution in [1.82, 2.24) is 4.72 Å². The molecule has 0 aromatic carbocycles. The lowest BCUT2D eigenvalue weighted by atomic mass is 10.5. The summed E-state index contributed by atoms with van der Waals surface area (Å²) >= 11 is 2.78. The zero-order valence-corrected chi connectivity index (χ0v) is 12.2. The summed E-state index contributed by atoms with van der Waals surface area (Å²) in [6.45, 7) is -1.28. The number of sulfonamides is 1. The van der Waals surface area contributed by atoms with Crippen LogP contribution in [0.4, 0.5) is 8.78 Å². The molecule has 7 nitrogen and oxygen atoms in total. The van der Waals surface area contributed by atoms with Crippen LogP contribution in [-0.2, 0) is 14.8 Å². The molecule has 20 heavy (non-hydrogen) atoms. The largest absolute Gasteiger partial charge is 0.475 e. The number of hydrogen-bond acceptors (Lipinski definition) is 5. The van der Waals surface area contributed by atoms with E-state index in [1.807, 2.05) is 0 Å². The molecule has 0 saturated heterocycles. The molecule has 0 bridgehead atoms. The predicted octanol–water partition coefficient (Wildman–Crippen LogP) is 1.30. The van der Waals surface area contributed by atoms with Gasteiger partial charge in [0.15, 0.2) is 4.67 Å². The fraction of sp³-hybridized carbons (Fsp3) is 0.444. The Labute approximate surface area is 121 Å².